The summed E-state index contributed by atoms with van der Waals surface area (Å²) in [6.45, 7) is 1.93. The highest BCUT2D eigenvalue weighted by atomic mass is 79.9. The maximum absolute atomic E-state index is 12.2. The highest BCUT2D eigenvalue weighted by Gasteiger charge is 2.11. The zero-order valence-electron chi connectivity index (χ0n) is 11.1. The van der Waals surface area contributed by atoms with Gasteiger partial charge in [0, 0.05) is 5.56 Å². The second-order valence-electron chi connectivity index (χ2n) is 4.32. The van der Waals surface area contributed by atoms with Crippen LogP contribution in [0, 0.1) is 6.92 Å². The molecule has 0 radical (unpaired) electrons. The molecule has 0 aromatic heterocycles. The van der Waals surface area contributed by atoms with Crippen molar-refractivity contribution in [2.45, 2.75) is 6.92 Å². The number of ether oxygens (including phenoxy) is 1. The van der Waals surface area contributed by atoms with Crippen LogP contribution in [0.25, 0.3) is 0 Å². The molecule has 0 heterocycles. The van der Waals surface area contributed by atoms with Crippen LogP contribution in [0.2, 0.25) is 0 Å². The van der Waals surface area contributed by atoms with E-state index in [0.717, 1.165) is 5.56 Å². The fourth-order valence-electron chi connectivity index (χ4n) is 1.77. The van der Waals surface area contributed by atoms with Crippen LogP contribution in [0.1, 0.15) is 15.9 Å². The lowest BCUT2D eigenvalue weighted by atomic mass is 10.1. The average Bonchev–Trinajstić information content (AvgIpc) is 2.42. The molecule has 2 aromatic carbocycles. The van der Waals surface area contributed by atoms with Gasteiger partial charge in [-0.2, -0.15) is 0 Å². The number of hydrogen-bond donors (Lipinski definition) is 2. The zero-order chi connectivity index (χ0) is 14.7. The molecule has 104 valence electrons. The van der Waals surface area contributed by atoms with E-state index in [1.807, 2.05) is 19.1 Å². The van der Waals surface area contributed by atoms with Crippen LogP contribution in [-0.4, -0.2) is 18.1 Å². The van der Waals surface area contributed by atoms with Crippen molar-refractivity contribution in [3.8, 4) is 11.5 Å². The lowest BCUT2D eigenvalue weighted by Crippen LogP contribution is -2.12. The standard InChI is InChI=1S/C15H14BrNO3/c1-9-3-6-14(20-2)12(7-9)17-15(19)10-4-5-11(16)13(18)8-10/h3-8,18H,1-2H3,(H,17,19). The number of aryl methyl sites for hydroxylation is 1. The third-order valence-electron chi connectivity index (χ3n) is 2.81. The second kappa shape index (κ2) is 5.96. The van der Waals surface area contributed by atoms with Gasteiger partial charge in [-0.05, 0) is 58.7 Å². The molecule has 0 saturated carbocycles. The van der Waals surface area contributed by atoms with Gasteiger partial charge in [-0.25, -0.2) is 0 Å². The Morgan fingerprint density at radius 1 is 1.25 bits per heavy atom. The Hall–Kier alpha value is -2.01. The van der Waals surface area contributed by atoms with E-state index in [9.17, 15) is 9.90 Å². The van der Waals surface area contributed by atoms with Gasteiger partial charge in [0.25, 0.3) is 5.91 Å². The molecule has 2 rings (SSSR count). The maximum atomic E-state index is 12.2. The normalized spacial score (nSPS) is 10.2. The number of halogens is 1. The molecule has 0 bridgehead atoms. The molecule has 0 atom stereocenters. The van der Waals surface area contributed by atoms with Gasteiger partial charge in [0.1, 0.15) is 11.5 Å². The van der Waals surface area contributed by atoms with Crippen molar-refractivity contribution in [1.82, 2.24) is 0 Å². The van der Waals surface area contributed by atoms with Crippen molar-refractivity contribution in [2.75, 3.05) is 12.4 Å². The first-order valence-corrected chi connectivity index (χ1v) is 6.75. The van der Waals surface area contributed by atoms with Gasteiger partial charge in [-0.1, -0.05) is 6.07 Å². The molecule has 5 heteroatoms. The summed E-state index contributed by atoms with van der Waals surface area (Å²) < 4.78 is 5.75. The molecule has 2 N–H and O–H groups in total. The predicted molar refractivity (Wildman–Crippen MR) is 81.5 cm³/mol. The van der Waals surface area contributed by atoms with Crippen LogP contribution in [0.5, 0.6) is 11.5 Å². The summed E-state index contributed by atoms with van der Waals surface area (Å²) in [4.78, 5) is 12.2. The number of rotatable bonds is 3. The van der Waals surface area contributed by atoms with Gasteiger partial charge in [0.05, 0.1) is 17.3 Å². The molecule has 20 heavy (non-hydrogen) atoms. The molecule has 0 saturated heterocycles. The lowest BCUT2D eigenvalue weighted by molar-refractivity contribution is 0.102. The van der Waals surface area contributed by atoms with Crippen LogP contribution >= 0.6 is 15.9 Å². The minimum absolute atomic E-state index is 0.0221. The predicted octanol–water partition coefficient (Wildman–Crippen LogP) is 3.72. The SMILES string of the molecule is COc1ccc(C)cc1NC(=O)c1ccc(Br)c(O)c1. The number of carbonyl (C=O) groups excluding carboxylic acids is 1. The number of phenolic OH excluding ortho intramolecular Hbond substituents is 1. The fraction of sp³-hybridized carbons (Fsp3) is 0.133. The Morgan fingerprint density at radius 3 is 2.65 bits per heavy atom. The van der Waals surface area contributed by atoms with Crippen LogP contribution in [0.15, 0.2) is 40.9 Å². The van der Waals surface area contributed by atoms with Gasteiger partial charge in [-0.3, -0.25) is 4.79 Å². The Labute approximate surface area is 125 Å². The smallest absolute Gasteiger partial charge is 0.255 e. The summed E-state index contributed by atoms with van der Waals surface area (Å²) in [5.41, 5.74) is 1.98. The quantitative estimate of drug-likeness (QED) is 0.898. The third kappa shape index (κ3) is 3.11. The van der Waals surface area contributed by atoms with Crippen molar-refractivity contribution in [3.63, 3.8) is 0 Å². The average molecular weight is 336 g/mol. The van der Waals surface area contributed by atoms with Crippen molar-refractivity contribution >= 4 is 27.5 Å². The van der Waals surface area contributed by atoms with E-state index >= 15 is 0 Å². The maximum Gasteiger partial charge on any atom is 0.255 e. The largest absolute Gasteiger partial charge is 0.507 e. The minimum atomic E-state index is -0.309. The van der Waals surface area contributed by atoms with Crippen LogP contribution < -0.4 is 10.1 Å². The monoisotopic (exact) mass is 335 g/mol. The second-order valence-corrected chi connectivity index (χ2v) is 5.18. The summed E-state index contributed by atoms with van der Waals surface area (Å²) in [5.74, 6) is 0.302. The molecule has 0 unspecified atom stereocenters. The molecule has 0 fully saturated rings. The number of amides is 1. The Balaban J connectivity index is 2.27. The number of nitrogens with one attached hydrogen (secondary N) is 1. The summed E-state index contributed by atoms with van der Waals surface area (Å²) in [7, 11) is 1.55. The minimum Gasteiger partial charge on any atom is -0.507 e. The lowest BCUT2D eigenvalue weighted by Gasteiger charge is -2.11. The topological polar surface area (TPSA) is 58.6 Å². The molecule has 0 aliphatic carbocycles. The van der Waals surface area contributed by atoms with E-state index in [1.165, 1.54) is 6.07 Å². The number of anilines is 1. The van der Waals surface area contributed by atoms with Crippen molar-refractivity contribution < 1.29 is 14.6 Å². The summed E-state index contributed by atoms with van der Waals surface area (Å²) in [5, 5.41) is 12.4. The van der Waals surface area contributed by atoms with E-state index in [2.05, 4.69) is 21.2 Å². The van der Waals surface area contributed by atoms with Crippen LogP contribution in [0.3, 0.4) is 0 Å². The van der Waals surface area contributed by atoms with Gasteiger partial charge < -0.3 is 15.2 Å². The first-order chi connectivity index (χ1) is 9.51. The van der Waals surface area contributed by atoms with Gasteiger partial charge >= 0.3 is 0 Å². The van der Waals surface area contributed by atoms with Gasteiger partial charge in [-0.15, -0.1) is 0 Å². The highest BCUT2D eigenvalue weighted by molar-refractivity contribution is 9.10. The van der Waals surface area contributed by atoms with Gasteiger partial charge in [0.15, 0.2) is 0 Å². The number of phenols is 1. The fourth-order valence-corrected chi connectivity index (χ4v) is 2.01. The molecular weight excluding hydrogens is 322 g/mol. The van der Waals surface area contributed by atoms with E-state index in [0.29, 0.717) is 21.5 Å². The molecule has 4 nitrogen and oxygen atoms in total. The summed E-state index contributed by atoms with van der Waals surface area (Å²) >= 11 is 3.18. The van der Waals surface area contributed by atoms with Gasteiger partial charge in [0.2, 0.25) is 0 Å². The number of aromatic hydroxyl groups is 1. The zero-order valence-corrected chi connectivity index (χ0v) is 12.7. The number of hydrogen-bond acceptors (Lipinski definition) is 3. The first-order valence-electron chi connectivity index (χ1n) is 5.96. The molecule has 0 aliphatic rings. The third-order valence-corrected chi connectivity index (χ3v) is 3.48. The molecule has 0 spiro atoms. The van der Waals surface area contributed by atoms with Crippen molar-refractivity contribution in [2.24, 2.45) is 0 Å². The van der Waals surface area contributed by atoms with Crippen LogP contribution in [0.4, 0.5) is 5.69 Å². The van der Waals surface area contributed by atoms with E-state index in [-0.39, 0.29) is 11.7 Å². The van der Waals surface area contributed by atoms with E-state index < -0.39 is 0 Å². The van der Waals surface area contributed by atoms with Crippen molar-refractivity contribution in [1.29, 1.82) is 0 Å². The van der Waals surface area contributed by atoms with Crippen LogP contribution in [-0.2, 0) is 0 Å². The Morgan fingerprint density at radius 2 is 2.00 bits per heavy atom. The number of carbonyl (C=O) groups is 1. The molecule has 2 aromatic rings. The van der Waals surface area contributed by atoms with Crippen molar-refractivity contribution in [3.05, 3.63) is 52.0 Å². The van der Waals surface area contributed by atoms with E-state index in [1.54, 1.807) is 25.3 Å². The molecular formula is C15H14BrNO3. The number of benzene rings is 2. The number of methoxy groups -OCH3 is 1. The first kappa shape index (κ1) is 14.4. The highest BCUT2D eigenvalue weighted by Crippen LogP contribution is 2.27. The Kier molecular flexibility index (Phi) is 4.29. The molecule has 0 aliphatic heterocycles. The summed E-state index contributed by atoms with van der Waals surface area (Å²) in [6, 6.07) is 10.2. The van der Waals surface area contributed by atoms with E-state index in [4.69, 9.17) is 4.74 Å². The molecule has 1 amide bonds. The summed E-state index contributed by atoms with van der Waals surface area (Å²) in [6.07, 6.45) is 0. The Bertz CT molecular complexity index is 656.